The average molecular weight is 1770 g/mol. The first-order chi connectivity index (χ1) is 60.9. The summed E-state index contributed by atoms with van der Waals surface area (Å²) in [7, 11) is 2.75. The number of ether oxygens (including phenoxy) is 2. The third-order valence-corrected chi connectivity index (χ3v) is 28.4. The highest BCUT2D eigenvalue weighted by molar-refractivity contribution is 6.08. The molecule has 670 valence electrons. The van der Waals surface area contributed by atoms with E-state index >= 15 is 30.7 Å². The van der Waals surface area contributed by atoms with Gasteiger partial charge in [-0.2, -0.15) is 28.5 Å². The zero-order valence-electron chi connectivity index (χ0n) is 69.0. The number of fused-ring (bicyclic) bond motifs is 6. The van der Waals surface area contributed by atoms with Gasteiger partial charge in [-0.3, -0.25) is 76.8 Å². The average Bonchev–Trinajstić information content (AvgIpc) is 1.70. The van der Waals surface area contributed by atoms with Crippen molar-refractivity contribution in [3.63, 3.8) is 0 Å². The van der Waals surface area contributed by atoms with Gasteiger partial charge in [0.1, 0.15) is 63.4 Å². The Balaban J connectivity index is 0.574. The molecule has 1 spiro atoms. The Labute approximate surface area is 715 Å². The van der Waals surface area contributed by atoms with Crippen molar-refractivity contribution in [2.24, 2.45) is 43.2 Å². The lowest BCUT2D eigenvalue weighted by molar-refractivity contribution is -0.183. The van der Waals surface area contributed by atoms with Crippen molar-refractivity contribution in [3.8, 4) is 0 Å². The maximum atomic E-state index is 19.2. The molecule has 0 radical (unpaired) electrons. The number of carbonyl (C=O) groups is 6. The first kappa shape index (κ1) is 83.6. The Morgan fingerprint density at radius 1 is 0.701 bits per heavy atom. The van der Waals surface area contributed by atoms with E-state index in [9.17, 15) is 51.5 Å². The fourth-order valence-corrected chi connectivity index (χ4v) is 21.7. The van der Waals surface area contributed by atoms with Crippen LogP contribution < -0.4 is 47.3 Å². The molecule has 127 heavy (non-hydrogen) atoms. The standard InChI is InChI=1S/C85H90F10N22O10/c1-106-73-58(116(81(106)124)60-16-18-66(118)102-79(60)122)14-12-56(68(73)86)110-32-44(33-110)38-127-62-20-23-109(31-43-6-9-47(10-7-43)115-37-55(71(105-115)75(89)90)99-77(120)52-29-97-113-24-21-65(101-76(52)113)112-36-50-27-49(112)39-126-50)72(70(62)88)51-28-48(114-35-46-26-64(96-30-54(46)104-114)100-78(121)53-4-3-5-63(98-53)85(93,94)95)11-8-45(51)34-108-25-22-83(84(91,92)42-108)40-111(41-83)57-13-15-59-74(69(57)87)107(2)82(125)117(59)61-17-19-67(119)103-80(61)123/h3-5,12-15,21,24,26,29-30,35,37,43-45,47-51,60-62,70,72,75H,6-11,16-20,22-23,25,27-28,31-34,36,38-42H2,1-2H3,(H,99,120)(H,100,121)(H,102,118,122)(H,103,119,123)/t43-,45-,47-,48+,49-,50-,51?,60?,61?,62+,70+,72?/m1/s1. The van der Waals surface area contributed by atoms with E-state index in [2.05, 4.69) is 51.2 Å². The van der Waals surface area contributed by atoms with Crippen LogP contribution in [0.5, 0.6) is 0 Å². The number of pyridine rings is 2. The van der Waals surface area contributed by atoms with Gasteiger partial charge in [0.05, 0.1) is 96.0 Å². The van der Waals surface area contributed by atoms with Crippen molar-refractivity contribution >= 4 is 103 Å². The van der Waals surface area contributed by atoms with Crippen molar-refractivity contribution in [3.05, 3.63) is 141 Å². The Morgan fingerprint density at radius 2 is 1.38 bits per heavy atom. The van der Waals surface area contributed by atoms with Crippen LogP contribution in [0, 0.1) is 40.7 Å². The second kappa shape index (κ2) is 32.0. The summed E-state index contributed by atoms with van der Waals surface area (Å²) < 4.78 is 181. The van der Waals surface area contributed by atoms with Crippen LogP contribution >= 0.6 is 0 Å². The number of nitrogens with zero attached hydrogens (tertiary/aromatic N) is 18. The van der Waals surface area contributed by atoms with E-state index in [1.165, 1.54) is 75.6 Å². The topological polar surface area (TPSA) is 331 Å². The lowest BCUT2D eigenvalue weighted by Crippen LogP contribution is -2.70. The van der Waals surface area contributed by atoms with Gasteiger partial charge in [-0.25, -0.2) is 59.8 Å². The molecule has 10 fully saturated rings. The van der Waals surface area contributed by atoms with Gasteiger partial charge in [-0.1, -0.05) is 6.07 Å². The second-order valence-electron chi connectivity index (χ2n) is 36.0. The number of likely N-dealkylation sites (tertiary alicyclic amines) is 2. The SMILES string of the molecule is Cn1c(=O)n(C2CCC(=O)NC2=O)c2ccc(N3CC(CO[C@H]4CCN(C[C@H]5CC[C@H](n6cc(NC(=O)c7cnn8ccc(N9C[C@H]%10C[C@@H]9CO%10)nc78)c(C(F)F)n6)CC5)C(C5C[C@@H](n6cc7cc(NC(=O)c8cccc(C(F)(F)F)n8)ncc7n6)CC[C@@H]5CN5CCC6(CN(c7ccc8c(c7F)n(C)c(=O)n8C7CCC(=O)NC7=O)C6)C(F)(F)C5)[C@H]4F)C3)c(F)c21. The van der Waals surface area contributed by atoms with Gasteiger partial charge >= 0.3 is 17.6 Å². The van der Waals surface area contributed by atoms with E-state index in [0.29, 0.717) is 81.5 Å². The normalized spacial score (nSPS) is 26.6. The number of nitrogens with one attached hydrogen (secondary N) is 4. The minimum absolute atomic E-state index is 0.00883. The van der Waals surface area contributed by atoms with Gasteiger partial charge < -0.3 is 34.8 Å². The highest BCUT2D eigenvalue weighted by Crippen LogP contribution is 2.54. The van der Waals surface area contributed by atoms with Crippen LogP contribution in [-0.4, -0.2) is 223 Å². The van der Waals surface area contributed by atoms with Crippen molar-refractivity contribution in [1.82, 2.24) is 82.8 Å². The number of alkyl halides is 8. The van der Waals surface area contributed by atoms with Crippen LogP contribution in [0.1, 0.15) is 153 Å². The molecule has 16 heterocycles. The molecule has 32 nitrogen and oxygen atoms in total. The number of hydrogen-bond acceptors (Lipinski definition) is 21. The number of rotatable bonds is 20. The Bertz CT molecular complexity index is 6220. The number of carbonyl (C=O) groups excluding carboxylic acids is 6. The lowest BCUT2D eigenvalue weighted by atomic mass is 9.67. The number of imidazole rings is 2. The molecule has 42 heteroatoms. The molecular weight excluding hydrogens is 1680 g/mol. The van der Waals surface area contributed by atoms with Crippen LogP contribution in [0.4, 0.5) is 72.6 Å². The van der Waals surface area contributed by atoms with Gasteiger partial charge in [0.2, 0.25) is 23.6 Å². The Morgan fingerprint density at radius 3 is 2.02 bits per heavy atom. The summed E-state index contributed by atoms with van der Waals surface area (Å²) in [6, 6.07) is 8.40. The van der Waals surface area contributed by atoms with Crippen molar-refractivity contribution in [2.75, 3.05) is 104 Å². The number of aryl methyl sites for hydroxylation is 2. The van der Waals surface area contributed by atoms with Crippen LogP contribution in [-0.2, 0) is 48.9 Å². The molecule has 10 aliphatic rings. The van der Waals surface area contributed by atoms with Crippen molar-refractivity contribution < 1.29 is 82.1 Å². The summed E-state index contributed by atoms with van der Waals surface area (Å²) >= 11 is 0. The molecule has 8 aliphatic heterocycles. The van der Waals surface area contributed by atoms with Crippen LogP contribution in [0.25, 0.3) is 38.6 Å². The summed E-state index contributed by atoms with van der Waals surface area (Å²) in [4.78, 5) is 127. The molecule has 8 saturated heterocycles. The zero-order chi connectivity index (χ0) is 88.3. The third-order valence-electron chi connectivity index (χ3n) is 28.4. The molecule has 2 aliphatic carbocycles. The summed E-state index contributed by atoms with van der Waals surface area (Å²) in [5.41, 5.74) is -4.61. The van der Waals surface area contributed by atoms with Gasteiger partial charge in [0.25, 0.3) is 24.2 Å². The Kier molecular flexibility index (Phi) is 21.0. The van der Waals surface area contributed by atoms with Gasteiger partial charge in [-0.15, -0.1) is 0 Å². The van der Waals surface area contributed by atoms with E-state index in [1.807, 2.05) is 0 Å². The number of halogens is 10. The molecule has 20 rings (SSSR count). The van der Waals surface area contributed by atoms with Gasteiger partial charge in [0, 0.05) is 115 Å². The third kappa shape index (κ3) is 14.9. The maximum absolute atomic E-state index is 19.2. The molecule has 4 N–H and O–H groups in total. The molecule has 4 unspecified atom stereocenters. The van der Waals surface area contributed by atoms with Gasteiger partial charge in [0.15, 0.2) is 23.0 Å². The van der Waals surface area contributed by atoms with E-state index in [0.717, 1.165) is 38.3 Å². The quantitative estimate of drug-likeness (QED) is 0.0408. The number of imide groups is 2. The molecule has 6 amide bonds. The summed E-state index contributed by atoms with van der Waals surface area (Å²) in [6.07, 6.45) is 1.10. The van der Waals surface area contributed by atoms with Crippen LogP contribution in [0.2, 0.25) is 0 Å². The van der Waals surface area contributed by atoms with E-state index in [-0.39, 0.29) is 171 Å². The van der Waals surface area contributed by atoms with Crippen LogP contribution in [0.15, 0.2) is 95.2 Å². The fourth-order valence-electron chi connectivity index (χ4n) is 21.7. The van der Waals surface area contributed by atoms with Gasteiger partial charge in [-0.05, 0) is 150 Å². The number of aromatic nitrogens is 13. The zero-order valence-corrected chi connectivity index (χ0v) is 69.0. The van der Waals surface area contributed by atoms with Crippen LogP contribution in [0.3, 0.4) is 0 Å². The van der Waals surface area contributed by atoms with E-state index in [1.54, 1.807) is 39.0 Å². The number of benzene rings is 2. The molecule has 8 aromatic heterocycles. The highest BCUT2D eigenvalue weighted by atomic mass is 19.4. The Hall–Kier alpha value is -11.7. The lowest BCUT2D eigenvalue weighted by Gasteiger charge is -2.58. The minimum Gasteiger partial charge on any atom is -0.375 e. The first-order valence-corrected chi connectivity index (χ1v) is 43.1. The fraction of sp³-hybridized carbons (Fsp3) is 0.529. The molecule has 10 aromatic rings. The van der Waals surface area contributed by atoms with E-state index < -0.39 is 160 Å². The maximum Gasteiger partial charge on any atom is 0.433 e. The van der Waals surface area contributed by atoms with E-state index in [4.69, 9.17) is 19.6 Å². The molecule has 10 atom stereocenters. The predicted octanol–water partition coefficient (Wildman–Crippen LogP) is 9.21. The monoisotopic (exact) mass is 1770 g/mol. The number of hydrogen-bond donors (Lipinski definition) is 4. The second-order valence-corrected chi connectivity index (χ2v) is 36.0. The first-order valence-electron chi connectivity index (χ1n) is 43.1. The smallest absolute Gasteiger partial charge is 0.375 e. The molecule has 2 aromatic carbocycles. The van der Waals surface area contributed by atoms with Crippen molar-refractivity contribution in [1.29, 1.82) is 0 Å². The molecule has 2 bridgehead atoms. The summed E-state index contributed by atoms with van der Waals surface area (Å²) in [5, 5.41) is 23.8. The summed E-state index contributed by atoms with van der Waals surface area (Å²) in [5.74, 6) is -9.72. The highest BCUT2D eigenvalue weighted by Gasteiger charge is 2.63. The van der Waals surface area contributed by atoms with Crippen molar-refractivity contribution in [2.45, 2.75) is 163 Å². The molecule has 2 saturated carbocycles. The number of morpholine rings is 1. The summed E-state index contributed by atoms with van der Waals surface area (Å²) in [6.45, 7) is 1.59. The predicted molar refractivity (Wildman–Crippen MR) is 437 cm³/mol. The largest absolute Gasteiger partial charge is 0.433 e. The minimum atomic E-state index is -4.83. The number of amides is 6. The molecular formula is C85H90F10N22O10. The number of anilines is 5. The number of piperidine rings is 4.